The molecule has 2 heterocycles. The van der Waals surface area contributed by atoms with Crippen molar-refractivity contribution >= 4 is 27.3 Å². The van der Waals surface area contributed by atoms with Crippen LogP contribution < -0.4 is 0 Å². The second-order valence-electron chi connectivity index (χ2n) is 5.22. The number of piperidine rings is 1. The molecule has 1 aromatic rings. The molecule has 0 aromatic carbocycles. The Bertz CT molecular complexity index is 571. The van der Waals surface area contributed by atoms with Crippen molar-refractivity contribution in [1.82, 2.24) is 9.21 Å². The van der Waals surface area contributed by atoms with E-state index in [4.69, 9.17) is 0 Å². The molecule has 1 saturated heterocycles. The van der Waals surface area contributed by atoms with Crippen molar-refractivity contribution in [1.29, 1.82) is 0 Å². The first-order chi connectivity index (χ1) is 9.95. The van der Waals surface area contributed by atoms with Crippen LogP contribution in [0, 0.1) is 5.92 Å². The van der Waals surface area contributed by atoms with Crippen molar-refractivity contribution in [3.05, 3.63) is 17.5 Å². The minimum atomic E-state index is -3.59. The first-order valence-electron chi connectivity index (χ1n) is 6.83. The number of hydrogen-bond acceptors (Lipinski definition) is 5. The van der Waals surface area contributed by atoms with Gasteiger partial charge in [-0.1, -0.05) is 6.07 Å². The lowest BCUT2D eigenvalue weighted by Crippen LogP contribution is -2.46. The van der Waals surface area contributed by atoms with Crippen LogP contribution in [-0.2, 0) is 14.8 Å². The molecule has 118 valence electrons. The lowest BCUT2D eigenvalue weighted by atomic mass is 9.99. The number of carbonyl (C=O) groups is 1. The number of likely N-dealkylation sites (N-methyl/N-ethyl adjacent to an activating group) is 1. The second-order valence-corrected chi connectivity index (χ2v) is 8.44. The zero-order valence-corrected chi connectivity index (χ0v) is 13.6. The van der Waals surface area contributed by atoms with Crippen LogP contribution in [0.25, 0.3) is 0 Å². The third-order valence-electron chi connectivity index (χ3n) is 3.65. The molecule has 0 spiro atoms. The molecule has 1 amide bonds. The molecule has 1 atom stereocenters. The summed E-state index contributed by atoms with van der Waals surface area (Å²) in [6.45, 7) is 1.02. The van der Waals surface area contributed by atoms with E-state index in [0.29, 0.717) is 13.1 Å². The molecule has 1 fully saturated rings. The second kappa shape index (κ2) is 6.87. The monoisotopic (exact) mass is 332 g/mol. The van der Waals surface area contributed by atoms with Crippen LogP contribution >= 0.6 is 11.3 Å². The first kappa shape index (κ1) is 16.4. The van der Waals surface area contributed by atoms with Gasteiger partial charge in [-0.2, -0.15) is 4.31 Å². The fraction of sp³-hybridized carbons (Fsp3) is 0.615. The number of sulfonamides is 1. The van der Waals surface area contributed by atoms with E-state index in [1.54, 1.807) is 16.3 Å². The van der Waals surface area contributed by atoms with E-state index in [2.05, 4.69) is 0 Å². The largest absolute Gasteiger partial charge is 0.396 e. The third-order valence-corrected chi connectivity index (χ3v) is 6.82. The Morgan fingerprint density at radius 1 is 1.57 bits per heavy atom. The number of carbonyl (C=O) groups excluding carboxylic acids is 1. The van der Waals surface area contributed by atoms with Crippen LogP contribution in [0.15, 0.2) is 21.7 Å². The summed E-state index contributed by atoms with van der Waals surface area (Å²) in [5, 5.41) is 10.9. The normalized spacial score (nSPS) is 20.0. The minimum absolute atomic E-state index is 0.0626. The topological polar surface area (TPSA) is 77.9 Å². The maximum Gasteiger partial charge on any atom is 0.252 e. The van der Waals surface area contributed by atoms with Gasteiger partial charge in [-0.3, -0.25) is 4.79 Å². The van der Waals surface area contributed by atoms with Crippen molar-refractivity contribution in [2.24, 2.45) is 5.92 Å². The maximum atomic E-state index is 12.3. The van der Waals surface area contributed by atoms with E-state index in [1.807, 2.05) is 0 Å². The van der Waals surface area contributed by atoms with E-state index in [0.717, 1.165) is 28.5 Å². The fourth-order valence-electron chi connectivity index (χ4n) is 2.38. The number of hydrogen-bond donors (Lipinski definition) is 1. The van der Waals surface area contributed by atoms with E-state index in [-0.39, 0.29) is 29.2 Å². The molecule has 1 aliphatic heterocycles. The predicted molar refractivity (Wildman–Crippen MR) is 80.5 cm³/mol. The number of nitrogens with zero attached hydrogens (tertiary/aromatic N) is 2. The Labute approximate surface area is 129 Å². The number of aliphatic hydroxyl groups is 1. The van der Waals surface area contributed by atoms with Crippen LogP contribution in [0.2, 0.25) is 0 Å². The molecule has 0 radical (unpaired) electrons. The van der Waals surface area contributed by atoms with Crippen molar-refractivity contribution in [3.8, 4) is 0 Å². The Kier molecular flexibility index (Phi) is 5.37. The van der Waals surface area contributed by atoms with E-state index >= 15 is 0 Å². The lowest BCUT2D eigenvalue weighted by Gasteiger charge is -2.32. The lowest BCUT2D eigenvalue weighted by molar-refractivity contribution is -0.133. The Hall–Kier alpha value is -0.960. The minimum Gasteiger partial charge on any atom is -0.396 e. The number of thiophene rings is 1. The van der Waals surface area contributed by atoms with Gasteiger partial charge in [-0.05, 0) is 30.2 Å². The molecular weight excluding hydrogens is 312 g/mol. The molecule has 1 N–H and O–H groups in total. The molecule has 0 bridgehead atoms. The van der Waals surface area contributed by atoms with Gasteiger partial charge in [0, 0.05) is 26.7 Å². The van der Waals surface area contributed by atoms with Gasteiger partial charge in [0.25, 0.3) is 10.0 Å². The fourth-order valence-corrected chi connectivity index (χ4v) is 4.70. The highest BCUT2D eigenvalue weighted by atomic mass is 32.2. The van der Waals surface area contributed by atoms with Crippen molar-refractivity contribution in [2.75, 3.05) is 33.3 Å². The molecule has 1 aliphatic rings. The van der Waals surface area contributed by atoms with Gasteiger partial charge in [-0.15, -0.1) is 11.3 Å². The zero-order chi connectivity index (χ0) is 15.5. The summed E-state index contributed by atoms with van der Waals surface area (Å²) in [6.07, 6.45) is 1.75. The molecule has 21 heavy (non-hydrogen) atoms. The van der Waals surface area contributed by atoms with Gasteiger partial charge in [0.1, 0.15) is 4.21 Å². The third kappa shape index (κ3) is 3.82. The molecule has 0 saturated carbocycles. The molecule has 2 rings (SSSR count). The van der Waals surface area contributed by atoms with Crippen molar-refractivity contribution in [3.63, 3.8) is 0 Å². The summed E-state index contributed by atoms with van der Waals surface area (Å²) < 4.78 is 25.8. The van der Waals surface area contributed by atoms with Gasteiger partial charge in [0.15, 0.2) is 0 Å². The number of rotatable bonds is 5. The molecule has 1 aromatic heterocycles. The van der Waals surface area contributed by atoms with E-state index in [9.17, 15) is 18.3 Å². The number of aliphatic hydroxyl groups excluding tert-OH is 1. The summed E-state index contributed by atoms with van der Waals surface area (Å²) in [5.74, 6) is -0.113. The molecule has 0 aliphatic carbocycles. The van der Waals surface area contributed by atoms with Gasteiger partial charge in [0.2, 0.25) is 5.91 Å². The predicted octanol–water partition coefficient (Wildman–Crippen LogP) is 0.600. The number of likely N-dealkylation sites (tertiary alicyclic amines) is 1. The number of amides is 1. The Morgan fingerprint density at radius 3 is 2.95 bits per heavy atom. The molecule has 6 nitrogen and oxygen atoms in total. The van der Waals surface area contributed by atoms with Crippen LogP contribution in [-0.4, -0.2) is 61.9 Å². The molecular formula is C13H20N2O4S2. The van der Waals surface area contributed by atoms with Crippen LogP contribution in [0.5, 0.6) is 0 Å². The van der Waals surface area contributed by atoms with Crippen LogP contribution in [0.4, 0.5) is 0 Å². The maximum absolute atomic E-state index is 12.3. The van der Waals surface area contributed by atoms with Crippen molar-refractivity contribution < 1.29 is 18.3 Å². The van der Waals surface area contributed by atoms with Crippen LogP contribution in [0.1, 0.15) is 12.8 Å². The highest BCUT2D eigenvalue weighted by molar-refractivity contribution is 7.91. The van der Waals surface area contributed by atoms with Gasteiger partial charge in [0.05, 0.1) is 6.54 Å². The van der Waals surface area contributed by atoms with Gasteiger partial charge in [-0.25, -0.2) is 8.42 Å². The molecule has 8 heteroatoms. The Morgan fingerprint density at radius 2 is 2.33 bits per heavy atom. The van der Waals surface area contributed by atoms with Gasteiger partial charge < -0.3 is 10.0 Å². The first-order valence-corrected chi connectivity index (χ1v) is 9.15. The smallest absolute Gasteiger partial charge is 0.252 e. The highest BCUT2D eigenvalue weighted by Crippen LogP contribution is 2.20. The zero-order valence-electron chi connectivity index (χ0n) is 11.9. The summed E-state index contributed by atoms with van der Waals surface area (Å²) >= 11 is 1.14. The summed E-state index contributed by atoms with van der Waals surface area (Å²) in [7, 11) is -2.18. The highest BCUT2D eigenvalue weighted by Gasteiger charge is 2.28. The van der Waals surface area contributed by atoms with E-state index < -0.39 is 10.0 Å². The quantitative estimate of drug-likeness (QED) is 0.856. The average molecular weight is 332 g/mol. The SMILES string of the molecule is CN(CC(=O)N1CCCC(CO)C1)S(=O)(=O)c1cccs1. The standard InChI is InChI=1S/C13H20N2O4S2/c1-14(21(18,19)13-5-3-7-20-13)9-12(17)15-6-2-4-11(8-15)10-16/h3,5,7,11,16H,2,4,6,8-10H2,1H3. The summed E-state index contributed by atoms with van der Waals surface area (Å²) in [6, 6.07) is 3.20. The van der Waals surface area contributed by atoms with Crippen molar-refractivity contribution in [2.45, 2.75) is 17.1 Å². The summed E-state index contributed by atoms with van der Waals surface area (Å²) in [5.41, 5.74) is 0. The Balaban J connectivity index is 1.99. The van der Waals surface area contributed by atoms with Crippen LogP contribution in [0.3, 0.4) is 0 Å². The van der Waals surface area contributed by atoms with E-state index in [1.165, 1.54) is 13.1 Å². The molecule has 1 unspecified atom stereocenters. The summed E-state index contributed by atoms with van der Waals surface area (Å²) in [4.78, 5) is 13.9. The average Bonchev–Trinajstić information content (AvgIpc) is 3.02. The van der Waals surface area contributed by atoms with Gasteiger partial charge >= 0.3 is 0 Å².